The Morgan fingerprint density at radius 3 is 2.61 bits per heavy atom. The molecule has 2 amide bonds. The molecule has 1 aromatic rings. The zero-order chi connectivity index (χ0) is 16.2. The lowest BCUT2D eigenvalue weighted by molar-refractivity contribution is 0.0779. The summed E-state index contributed by atoms with van der Waals surface area (Å²) in [6.07, 6.45) is 1.82. The first-order valence-corrected chi connectivity index (χ1v) is 8.65. The van der Waals surface area contributed by atoms with E-state index in [1.165, 1.54) is 11.3 Å². The summed E-state index contributed by atoms with van der Waals surface area (Å²) in [6, 6.07) is 6.28. The van der Waals surface area contributed by atoms with Crippen molar-refractivity contribution in [1.82, 2.24) is 10.2 Å². The number of carbonyl (C=O) groups excluding carboxylic acids is 1. The lowest BCUT2D eigenvalue weighted by atomic mass is 10.1. The maximum atomic E-state index is 12.4. The molecular formula is C17H24ClN3O2. The van der Waals surface area contributed by atoms with E-state index in [0.717, 1.165) is 57.3 Å². The summed E-state index contributed by atoms with van der Waals surface area (Å²) in [4.78, 5) is 16.6. The number of anilines is 1. The molecule has 3 rings (SSSR count). The molecule has 0 bridgehead atoms. The maximum absolute atomic E-state index is 12.4. The number of piperazine rings is 1. The van der Waals surface area contributed by atoms with Gasteiger partial charge in [0, 0.05) is 56.1 Å². The van der Waals surface area contributed by atoms with E-state index in [0.29, 0.717) is 0 Å². The minimum atomic E-state index is 0.0550. The van der Waals surface area contributed by atoms with Crippen molar-refractivity contribution in [1.29, 1.82) is 0 Å². The first-order valence-electron chi connectivity index (χ1n) is 8.28. The Labute approximate surface area is 142 Å². The first-order chi connectivity index (χ1) is 11.1. The number of halogens is 1. The van der Waals surface area contributed by atoms with Crippen LogP contribution in [0, 0.1) is 6.92 Å². The van der Waals surface area contributed by atoms with Crippen LogP contribution in [-0.4, -0.2) is 56.4 Å². The van der Waals surface area contributed by atoms with E-state index in [2.05, 4.69) is 17.1 Å². The molecule has 1 aromatic carbocycles. The molecular weight excluding hydrogens is 314 g/mol. The third-order valence-corrected chi connectivity index (χ3v) is 4.86. The van der Waals surface area contributed by atoms with Crippen LogP contribution < -0.4 is 10.2 Å². The smallest absolute Gasteiger partial charge is 0.317 e. The van der Waals surface area contributed by atoms with Gasteiger partial charge in [0.15, 0.2) is 0 Å². The molecule has 0 radical (unpaired) electrons. The fourth-order valence-electron chi connectivity index (χ4n) is 3.18. The van der Waals surface area contributed by atoms with Crippen LogP contribution in [0.5, 0.6) is 0 Å². The fourth-order valence-corrected chi connectivity index (χ4v) is 3.35. The van der Waals surface area contributed by atoms with E-state index in [9.17, 15) is 4.79 Å². The monoisotopic (exact) mass is 337 g/mol. The van der Waals surface area contributed by atoms with Gasteiger partial charge in [-0.05, 0) is 37.5 Å². The van der Waals surface area contributed by atoms with Crippen molar-refractivity contribution >= 4 is 23.3 Å². The summed E-state index contributed by atoms with van der Waals surface area (Å²) in [5.74, 6) is 0. The molecule has 0 aromatic heterocycles. The fraction of sp³-hybridized carbons (Fsp3) is 0.588. The number of hydrogen-bond donors (Lipinski definition) is 1. The third kappa shape index (κ3) is 4.09. The Hall–Kier alpha value is -1.46. The number of ether oxygens (including phenoxy) is 1. The number of rotatable bonds is 2. The van der Waals surface area contributed by atoms with Crippen LogP contribution in [0.3, 0.4) is 0 Å². The third-order valence-electron chi connectivity index (χ3n) is 4.63. The Kier molecular flexibility index (Phi) is 5.28. The van der Waals surface area contributed by atoms with Crippen molar-refractivity contribution in [3.63, 3.8) is 0 Å². The second kappa shape index (κ2) is 7.41. The SMILES string of the molecule is Cc1ccc(Cl)cc1N1CCN(C(=O)NC2CCOCC2)CC1. The predicted octanol–water partition coefficient (Wildman–Crippen LogP) is 2.66. The number of benzene rings is 1. The minimum absolute atomic E-state index is 0.0550. The van der Waals surface area contributed by atoms with Gasteiger partial charge in [-0.15, -0.1) is 0 Å². The van der Waals surface area contributed by atoms with Crippen LogP contribution in [0.15, 0.2) is 18.2 Å². The molecule has 0 atom stereocenters. The quantitative estimate of drug-likeness (QED) is 0.902. The van der Waals surface area contributed by atoms with Gasteiger partial charge in [0.1, 0.15) is 0 Å². The zero-order valence-electron chi connectivity index (χ0n) is 13.6. The number of nitrogens with one attached hydrogen (secondary N) is 1. The van der Waals surface area contributed by atoms with E-state index in [1.54, 1.807) is 0 Å². The van der Waals surface area contributed by atoms with E-state index >= 15 is 0 Å². The highest BCUT2D eigenvalue weighted by molar-refractivity contribution is 6.30. The highest BCUT2D eigenvalue weighted by Gasteiger charge is 2.24. The Morgan fingerprint density at radius 2 is 1.91 bits per heavy atom. The largest absolute Gasteiger partial charge is 0.381 e. The molecule has 1 N–H and O–H groups in total. The lowest BCUT2D eigenvalue weighted by Gasteiger charge is -2.37. The van der Waals surface area contributed by atoms with Gasteiger partial charge >= 0.3 is 6.03 Å². The number of hydrogen-bond acceptors (Lipinski definition) is 3. The molecule has 0 saturated carbocycles. The van der Waals surface area contributed by atoms with Crippen molar-refractivity contribution in [2.45, 2.75) is 25.8 Å². The van der Waals surface area contributed by atoms with Gasteiger partial charge in [0.05, 0.1) is 0 Å². The number of nitrogens with zero attached hydrogens (tertiary/aromatic N) is 2. The van der Waals surface area contributed by atoms with Gasteiger partial charge < -0.3 is 19.9 Å². The molecule has 2 aliphatic rings. The van der Waals surface area contributed by atoms with E-state index in [4.69, 9.17) is 16.3 Å². The molecule has 2 fully saturated rings. The van der Waals surface area contributed by atoms with Gasteiger partial charge in [0.2, 0.25) is 0 Å². The molecule has 6 heteroatoms. The summed E-state index contributed by atoms with van der Waals surface area (Å²) in [5, 5.41) is 3.89. The van der Waals surface area contributed by atoms with Crippen molar-refractivity contribution in [2.24, 2.45) is 0 Å². The zero-order valence-corrected chi connectivity index (χ0v) is 14.3. The van der Waals surface area contributed by atoms with Crippen LogP contribution in [-0.2, 0) is 4.74 Å². The molecule has 0 unspecified atom stereocenters. The van der Waals surface area contributed by atoms with Gasteiger partial charge in [-0.25, -0.2) is 4.79 Å². The number of carbonyl (C=O) groups is 1. The summed E-state index contributed by atoms with van der Waals surface area (Å²) >= 11 is 6.11. The van der Waals surface area contributed by atoms with Crippen molar-refractivity contribution in [3.8, 4) is 0 Å². The highest BCUT2D eigenvalue weighted by Crippen LogP contribution is 2.25. The Balaban J connectivity index is 1.53. The summed E-state index contributed by atoms with van der Waals surface area (Å²) in [7, 11) is 0. The number of aryl methyl sites for hydroxylation is 1. The molecule has 0 aliphatic carbocycles. The highest BCUT2D eigenvalue weighted by atomic mass is 35.5. The molecule has 0 spiro atoms. The van der Waals surface area contributed by atoms with Gasteiger partial charge in [-0.3, -0.25) is 0 Å². The predicted molar refractivity (Wildman–Crippen MR) is 92.3 cm³/mol. The van der Waals surface area contributed by atoms with Crippen LogP contribution >= 0.6 is 11.6 Å². The van der Waals surface area contributed by atoms with Crippen molar-refractivity contribution in [2.75, 3.05) is 44.3 Å². The van der Waals surface area contributed by atoms with Crippen LogP contribution in [0.1, 0.15) is 18.4 Å². The van der Waals surface area contributed by atoms with Crippen molar-refractivity contribution < 1.29 is 9.53 Å². The summed E-state index contributed by atoms with van der Waals surface area (Å²) < 4.78 is 5.33. The van der Waals surface area contributed by atoms with Crippen LogP contribution in [0.25, 0.3) is 0 Å². The first kappa shape index (κ1) is 16.4. The Bertz CT molecular complexity index is 553. The average molecular weight is 338 g/mol. The average Bonchev–Trinajstić information content (AvgIpc) is 2.58. The molecule has 2 aliphatic heterocycles. The minimum Gasteiger partial charge on any atom is -0.381 e. The maximum Gasteiger partial charge on any atom is 0.317 e. The topological polar surface area (TPSA) is 44.8 Å². The van der Waals surface area contributed by atoms with Crippen molar-refractivity contribution in [3.05, 3.63) is 28.8 Å². The Morgan fingerprint density at radius 1 is 1.22 bits per heavy atom. The van der Waals surface area contributed by atoms with E-state index < -0.39 is 0 Å². The summed E-state index contributed by atoms with van der Waals surface area (Å²) in [5.41, 5.74) is 2.39. The van der Waals surface area contributed by atoms with Crippen LogP contribution in [0.4, 0.5) is 10.5 Å². The van der Waals surface area contributed by atoms with Gasteiger partial charge in [-0.1, -0.05) is 17.7 Å². The van der Waals surface area contributed by atoms with E-state index in [-0.39, 0.29) is 12.1 Å². The standard InChI is InChI=1S/C17H24ClN3O2/c1-13-2-3-14(18)12-16(13)20-6-8-21(9-7-20)17(22)19-15-4-10-23-11-5-15/h2-3,12,15H,4-11H2,1H3,(H,19,22). The molecule has 23 heavy (non-hydrogen) atoms. The molecule has 2 heterocycles. The number of urea groups is 1. The number of amides is 2. The van der Waals surface area contributed by atoms with E-state index in [1.807, 2.05) is 23.1 Å². The molecule has 2 saturated heterocycles. The lowest BCUT2D eigenvalue weighted by Crippen LogP contribution is -2.54. The summed E-state index contributed by atoms with van der Waals surface area (Å²) in [6.45, 7) is 6.72. The normalized spacial score (nSPS) is 19.7. The van der Waals surface area contributed by atoms with Crippen LogP contribution in [0.2, 0.25) is 5.02 Å². The van der Waals surface area contributed by atoms with Gasteiger partial charge in [-0.2, -0.15) is 0 Å². The molecule has 126 valence electrons. The second-order valence-corrected chi connectivity index (χ2v) is 6.68. The molecule has 5 nitrogen and oxygen atoms in total. The second-order valence-electron chi connectivity index (χ2n) is 6.24. The van der Waals surface area contributed by atoms with Gasteiger partial charge in [0.25, 0.3) is 0 Å².